The van der Waals surface area contributed by atoms with Crippen LogP contribution < -0.4 is 5.32 Å². The zero-order valence-corrected chi connectivity index (χ0v) is 11.8. The maximum absolute atomic E-state index is 4.99. The molecule has 0 aromatic heterocycles. The highest BCUT2D eigenvalue weighted by Gasteiger charge is 2.10. The van der Waals surface area contributed by atoms with E-state index in [-0.39, 0.29) is 0 Å². The number of rotatable bonds is 10. The van der Waals surface area contributed by atoms with Crippen molar-refractivity contribution in [3.05, 3.63) is 0 Å². The molecule has 0 aliphatic carbocycles. The van der Waals surface area contributed by atoms with Crippen LogP contribution in [0.25, 0.3) is 0 Å². The lowest BCUT2D eigenvalue weighted by Gasteiger charge is -2.28. The second-order valence-electron chi connectivity index (χ2n) is 5.08. The van der Waals surface area contributed by atoms with Crippen LogP contribution in [-0.4, -0.2) is 50.8 Å². The second-order valence-corrected chi connectivity index (χ2v) is 5.08. The maximum Gasteiger partial charge on any atom is 0.0587 e. The Bertz CT molecular complexity index is 149. The first-order valence-corrected chi connectivity index (χ1v) is 6.51. The van der Waals surface area contributed by atoms with Crippen molar-refractivity contribution >= 4 is 0 Å². The number of methoxy groups -OCH3 is 1. The van der Waals surface area contributed by atoms with E-state index in [0.717, 1.165) is 25.6 Å². The van der Waals surface area contributed by atoms with E-state index >= 15 is 0 Å². The van der Waals surface area contributed by atoms with Crippen molar-refractivity contribution in [3.63, 3.8) is 0 Å². The maximum atomic E-state index is 4.99. The molecule has 0 saturated carbocycles. The standard InChI is InChI=1S/C13H30N2O/c1-12(2)11-15(13(3)4)9-6-7-14-8-10-16-5/h12-14H,6-11H2,1-5H3. The SMILES string of the molecule is COCCNCCCN(CC(C)C)C(C)C. The average Bonchev–Trinajstić information content (AvgIpc) is 2.20. The first kappa shape index (κ1) is 15.9. The van der Waals surface area contributed by atoms with Gasteiger partial charge in [0.25, 0.3) is 0 Å². The summed E-state index contributed by atoms with van der Waals surface area (Å²) in [7, 11) is 1.74. The van der Waals surface area contributed by atoms with Crippen LogP contribution in [-0.2, 0) is 4.74 Å². The predicted molar refractivity (Wildman–Crippen MR) is 70.9 cm³/mol. The fourth-order valence-electron chi connectivity index (χ4n) is 1.74. The molecule has 0 aliphatic rings. The molecule has 0 bridgehead atoms. The molecule has 0 amide bonds. The Balaban J connectivity index is 3.52. The summed E-state index contributed by atoms with van der Waals surface area (Å²) in [6.07, 6.45) is 1.22. The van der Waals surface area contributed by atoms with Crippen LogP contribution >= 0.6 is 0 Å². The van der Waals surface area contributed by atoms with Crippen molar-refractivity contribution in [2.45, 2.75) is 40.2 Å². The summed E-state index contributed by atoms with van der Waals surface area (Å²) >= 11 is 0. The molecule has 3 nitrogen and oxygen atoms in total. The topological polar surface area (TPSA) is 24.5 Å². The van der Waals surface area contributed by atoms with Gasteiger partial charge in [0.1, 0.15) is 0 Å². The normalized spacial score (nSPS) is 12.0. The van der Waals surface area contributed by atoms with Crippen molar-refractivity contribution in [3.8, 4) is 0 Å². The smallest absolute Gasteiger partial charge is 0.0587 e. The van der Waals surface area contributed by atoms with Crippen molar-refractivity contribution in [2.24, 2.45) is 5.92 Å². The fraction of sp³-hybridized carbons (Fsp3) is 1.00. The number of nitrogens with one attached hydrogen (secondary N) is 1. The molecule has 0 saturated heterocycles. The van der Waals surface area contributed by atoms with Crippen LogP contribution in [0.3, 0.4) is 0 Å². The molecule has 16 heavy (non-hydrogen) atoms. The Labute approximate surface area is 102 Å². The van der Waals surface area contributed by atoms with Crippen molar-refractivity contribution < 1.29 is 4.74 Å². The van der Waals surface area contributed by atoms with Crippen molar-refractivity contribution in [1.82, 2.24) is 10.2 Å². The zero-order valence-electron chi connectivity index (χ0n) is 11.8. The number of ether oxygens (including phenoxy) is 1. The summed E-state index contributed by atoms with van der Waals surface area (Å²) in [5, 5.41) is 3.38. The molecule has 98 valence electrons. The van der Waals surface area contributed by atoms with Crippen LogP contribution in [0.1, 0.15) is 34.1 Å². The van der Waals surface area contributed by atoms with Crippen LogP contribution in [0.2, 0.25) is 0 Å². The predicted octanol–water partition coefficient (Wildman–Crippen LogP) is 1.98. The van der Waals surface area contributed by atoms with Gasteiger partial charge < -0.3 is 15.0 Å². The fourth-order valence-corrected chi connectivity index (χ4v) is 1.74. The highest BCUT2D eigenvalue weighted by molar-refractivity contribution is 4.65. The zero-order chi connectivity index (χ0) is 12.4. The van der Waals surface area contributed by atoms with Gasteiger partial charge in [-0.2, -0.15) is 0 Å². The molecule has 0 unspecified atom stereocenters. The molecule has 0 aliphatic heterocycles. The van der Waals surface area contributed by atoms with Gasteiger partial charge in [0.05, 0.1) is 6.61 Å². The molecule has 0 aromatic rings. The van der Waals surface area contributed by atoms with E-state index in [9.17, 15) is 0 Å². The summed E-state index contributed by atoms with van der Waals surface area (Å²) in [6.45, 7) is 14.4. The minimum Gasteiger partial charge on any atom is -0.383 e. The largest absolute Gasteiger partial charge is 0.383 e. The number of hydrogen-bond donors (Lipinski definition) is 1. The molecule has 0 aromatic carbocycles. The minimum absolute atomic E-state index is 0.654. The molecule has 0 heterocycles. The molecule has 3 heteroatoms. The number of hydrogen-bond acceptors (Lipinski definition) is 3. The van der Waals surface area contributed by atoms with E-state index in [1.807, 2.05) is 0 Å². The van der Waals surface area contributed by atoms with Crippen LogP contribution in [0.15, 0.2) is 0 Å². The Morgan fingerprint density at radius 1 is 1.12 bits per heavy atom. The molecular weight excluding hydrogens is 200 g/mol. The molecule has 0 fully saturated rings. The average molecular weight is 230 g/mol. The Kier molecular flexibility index (Phi) is 9.99. The van der Waals surface area contributed by atoms with E-state index in [4.69, 9.17) is 4.74 Å². The quantitative estimate of drug-likeness (QED) is 0.581. The monoisotopic (exact) mass is 230 g/mol. The van der Waals surface area contributed by atoms with E-state index in [1.165, 1.54) is 19.5 Å². The van der Waals surface area contributed by atoms with Crippen molar-refractivity contribution in [1.29, 1.82) is 0 Å². The third-order valence-corrected chi connectivity index (χ3v) is 2.61. The van der Waals surface area contributed by atoms with E-state index in [0.29, 0.717) is 6.04 Å². The van der Waals surface area contributed by atoms with Gasteiger partial charge in [-0.05, 0) is 39.3 Å². The van der Waals surface area contributed by atoms with Crippen LogP contribution in [0.4, 0.5) is 0 Å². The lowest BCUT2D eigenvalue weighted by atomic mass is 10.1. The number of nitrogens with zero attached hydrogens (tertiary/aromatic N) is 1. The molecule has 0 atom stereocenters. The van der Waals surface area contributed by atoms with E-state index in [2.05, 4.69) is 37.9 Å². The van der Waals surface area contributed by atoms with Crippen LogP contribution in [0.5, 0.6) is 0 Å². The third kappa shape index (κ3) is 9.13. The summed E-state index contributed by atoms with van der Waals surface area (Å²) in [5.41, 5.74) is 0. The summed E-state index contributed by atoms with van der Waals surface area (Å²) < 4.78 is 4.99. The van der Waals surface area contributed by atoms with Gasteiger partial charge in [-0.3, -0.25) is 0 Å². The summed E-state index contributed by atoms with van der Waals surface area (Å²) in [4.78, 5) is 2.56. The molecule has 0 rings (SSSR count). The third-order valence-electron chi connectivity index (χ3n) is 2.61. The molecule has 1 N–H and O–H groups in total. The van der Waals surface area contributed by atoms with Gasteiger partial charge in [-0.1, -0.05) is 13.8 Å². The molecule has 0 radical (unpaired) electrons. The Morgan fingerprint density at radius 3 is 2.31 bits per heavy atom. The van der Waals surface area contributed by atoms with Crippen molar-refractivity contribution in [2.75, 3.05) is 39.9 Å². The van der Waals surface area contributed by atoms with Gasteiger partial charge in [0, 0.05) is 26.2 Å². The lowest BCUT2D eigenvalue weighted by Crippen LogP contribution is -2.36. The molecular formula is C13H30N2O. The first-order chi connectivity index (χ1) is 7.57. The summed E-state index contributed by atoms with van der Waals surface area (Å²) in [5.74, 6) is 0.754. The lowest BCUT2D eigenvalue weighted by molar-refractivity contribution is 0.188. The molecule has 0 spiro atoms. The Hall–Kier alpha value is -0.120. The summed E-state index contributed by atoms with van der Waals surface area (Å²) in [6, 6.07) is 0.654. The van der Waals surface area contributed by atoms with Gasteiger partial charge in [-0.25, -0.2) is 0 Å². The van der Waals surface area contributed by atoms with E-state index in [1.54, 1.807) is 7.11 Å². The second kappa shape index (κ2) is 10.1. The Morgan fingerprint density at radius 2 is 1.81 bits per heavy atom. The minimum atomic E-state index is 0.654. The highest BCUT2D eigenvalue weighted by atomic mass is 16.5. The first-order valence-electron chi connectivity index (χ1n) is 6.51. The van der Waals surface area contributed by atoms with Gasteiger partial charge >= 0.3 is 0 Å². The van der Waals surface area contributed by atoms with E-state index < -0.39 is 0 Å². The van der Waals surface area contributed by atoms with Gasteiger partial charge in [-0.15, -0.1) is 0 Å². The van der Waals surface area contributed by atoms with Gasteiger partial charge in [0.15, 0.2) is 0 Å². The highest BCUT2D eigenvalue weighted by Crippen LogP contribution is 2.04. The van der Waals surface area contributed by atoms with Crippen LogP contribution in [0, 0.1) is 5.92 Å². The van der Waals surface area contributed by atoms with Gasteiger partial charge in [0.2, 0.25) is 0 Å².